The number of nitrogens with zero attached hydrogens (tertiary/aromatic N) is 3. The molecule has 0 bridgehead atoms. The summed E-state index contributed by atoms with van der Waals surface area (Å²) in [6, 6.07) is 14.5. The van der Waals surface area contributed by atoms with E-state index in [0.29, 0.717) is 22.8 Å². The molecule has 0 aliphatic heterocycles. The van der Waals surface area contributed by atoms with Crippen LogP contribution in [0.2, 0.25) is 0 Å². The molecule has 0 fully saturated rings. The fourth-order valence-corrected chi connectivity index (χ4v) is 4.56. The lowest BCUT2D eigenvalue weighted by molar-refractivity contribution is 0.581. The second-order valence-electron chi connectivity index (χ2n) is 5.80. The zero-order valence-corrected chi connectivity index (χ0v) is 15.7. The molecule has 0 aliphatic rings. The summed E-state index contributed by atoms with van der Waals surface area (Å²) in [6.07, 6.45) is 0.437. The minimum absolute atomic E-state index is 0.220. The summed E-state index contributed by atoms with van der Waals surface area (Å²) in [6.45, 7) is 0.220. The first-order valence-corrected chi connectivity index (χ1v) is 10.5. The van der Waals surface area contributed by atoms with Gasteiger partial charge in [-0.25, -0.2) is 22.0 Å². The van der Waals surface area contributed by atoms with E-state index >= 15 is 0 Å². The van der Waals surface area contributed by atoms with E-state index in [1.54, 1.807) is 53.0 Å². The highest BCUT2D eigenvalue weighted by Crippen LogP contribution is 2.23. The van der Waals surface area contributed by atoms with Gasteiger partial charge in [-0.3, -0.25) is 0 Å². The van der Waals surface area contributed by atoms with Crippen molar-refractivity contribution in [2.24, 2.45) is 0 Å². The molecule has 27 heavy (non-hydrogen) atoms. The Morgan fingerprint density at radius 2 is 1.81 bits per heavy atom. The second kappa shape index (κ2) is 7.18. The van der Waals surface area contributed by atoms with E-state index in [2.05, 4.69) is 14.8 Å². The number of sulfonamides is 1. The number of fused-ring (bicyclic) bond motifs is 1. The molecule has 0 saturated carbocycles. The van der Waals surface area contributed by atoms with Crippen molar-refractivity contribution in [1.82, 2.24) is 19.3 Å². The zero-order valence-electron chi connectivity index (χ0n) is 14.0. The van der Waals surface area contributed by atoms with Gasteiger partial charge in [0.2, 0.25) is 15.0 Å². The van der Waals surface area contributed by atoms with Gasteiger partial charge in [0.25, 0.3) is 0 Å². The lowest BCUT2D eigenvalue weighted by Crippen LogP contribution is -2.26. The number of hydrogen-bond donors (Lipinski definition) is 1. The van der Waals surface area contributed by atoms with Gasteiger partial charge in [-0.15, -0.1) is 16.4 Å². The molecule has 0 aliphatic carbocycles. The lowest BCUT2D eigenvalue weighted by atomic mass is 10.2. The van der Waals surface area contributed by atoms with Crippen LogP contribution in [0, 0.1) is 5.82 Å². The molecule has 0 atom stereocenters. The minimum atomic E-state index is -3.55. The van der Waals surface area contributed by atoms with Gasteiger partial charge in [-0.1, -0.05) is 30.3 Å². The number of aromatic nitrogens is 3. The largest absolute Gasteiger partial charge is 0.240 e. The molecule has 2 heterocycles. The molecule has 6 nitrogen and oxygen atoms in total. The van der Waals surface area contributed by atoms with Crippen molar-refractivity contribution in [1.29, 1.82) is 0 Å². The molecule has 0 spiro atoms. The number of thiazole rings is 1. The fourth-order valence-electron chi connectivity index (χ4n) is 2.65. The Bertz CT molecular complexity index is 1190. The van der Waals surface area contributed by atoms with Crippen molar-refractivity contribution in [3.05, 3.63) is 71.5 Å². The van der Waals surface area contributed by atoms with Crippen molar-refractivity contribution in [2.75, 3.05) is 6.54 Å². The molecule has 0 saturated heterocycles. The maximum absolute atomic E-state index is 13.9. The van der Waals surface area contributed by atoms with Gasteiger partial charge in [0, 0.05) is 18.3 Å². The topological polar surface area (TPSA) is 76.4 Å². The SMILES string of the molecule is O=S(=O)(NCCc1csc2nc(-c3ccccc3F)nn12)c1ccccc1. The van der Waals surface area contributed by atoms with E-state index in [4.69, 9.17) is 0 Å². The molecule has 1 N–H and O–H groups in total. The Kier molecular flexibility index (Phi) is 4.73. The van der Waals surface area contributed by atoms with Crippen molar-refractivity contribution in [2.45, 2.75) is 11.3 Å². The zero-order chi connectivity index (χ0) is 18.9. The van der Waals surface area contributed by atoms with Crippen LogP contribution in [0.4, 0.5) is 4.39 Å². The molecular formula is C18H15FN4O2S2. The lowest BCUT2D eigenvalue weighted by Gasteiger charge is -2.06. The van der Waals surface area contributed by atoms with Crippen LogP contribution in [-0.4, -0.2) is 29.6 Å². The minimum Gasteiger partial charge on any atom is -0.211 e. The van der Waals surface area contributed by atoms with E-state index in [0.717, 1.165) is 5.69 Å². The number of benzene rings is 2. The van der Waals surface area contributed by atoms with Crippen LogP contribution in [-0.2, 0) is 16.4 Å². The van der Waals surface area contributed by atoms with Crippen molar-refractivity contribution >= 4 is 26.3 Å². The van der Waals surface area contributed by atoms with Gasteiger partial charge in [-0.05, 0) is 24.3 Å². The van der Waals surface area contributed by atoms with Gasteiger partial charge >= 0.3 is 0 Å². The predicted octanol–water partition coefficient (Wildman–Crippen LogP) is 3.12. The maximum atomic E-state index is 13.9. The van der Waals surface area contributed by atoms with Crippen LogP contribution < -0.4 is 4.72 Å². The van der Waals surface area contributed by atoms with Crippen molar-refractivity contribution < 1.29 is 12.8 Å². The Balaban J connectivity index is 1.51. The standard InChI is InChI=1S/C18H15FN4O2S2/c19-16-9-5-4-8-15(16)17-21-18-23(22-17)13(12-26-18)10-11-20-27(24,25)14-6-2-1-3-7-14/h1-9,12,20H,10-11H2. The average Bonchev–Trinajstić information content (AvgIpc) is 3.24. The van der Waals surface area contributed by atoms with Crippen LogP contribution >= 0.6 is 11.3 Å². The summed E-state index contributed by atoms with van der Waals surface area (Å²) >= 11 is 1.38. The van der Waals surface area contributed by atoms with E-state index < -0.39 is 10.0 Å². The normalized spacial score (nSPS) is 11.9. The van der Waals surface area contributed by atoms with Gasteiger partial charge in [-0.2, -0.15) is 4.98 Å². The van der Waals surface area contributed by atoms with E-state index in [-0.39, 0.29) is 17.3 Å². The molecule has 4 aromatic rings. The molecule has 0 unspecified atom stereocenters. The van der Waals surface area contributed by atoms with Crippen LogP contribution in [0.3, 0.4) is 0 Å². The molecule has 9 heteroatoms. The van der Waals surface area contributed by atoms with Crippen molar-refractivity contribution in [3.63, 3.8) is 0 Å². The average molecular weight is 402 g/mol. The smallest absolute Gasteiger partial charge is 0.211 e. The number of rotatable bonds is 6. The highest BCUT2D eigenvalue weighted by Gasteiger charge is 2.16. The van der Waals surface area contributed by atoms with E-state index in [9.17, 15) is 12.8 Å². The summed E-state index contributed by atoms with van der Waals surface area (Å²) in [7, 11) is -3.55. The Morgan fingerprint density at radius 3 is 2.59 bits per heavy atom. The fraction of sp³-hybridized carbons (Fsp3) is 0.111. The monoisotopic (exact) mass is 402 g/mol. The molecule has 0 amide bonds. The highest BCUT2D eigenvalue weighted by atomic mass is 32.2. The summed E-state index contributed by atoms with van der Waals surface area (Å²) in [4.78, 5) is 5.22. The van der Waals surface area contributed by atoms with Gasteiger partial charge in [0.1, 0.15) is 5.82 Å². The first-order chi connectivity index (χ1) is 13.0. The van der Waals surface area contributed by atoms with Gasteiger partial charge < -0.3 is 0 Å². The number of hydrogen-bond acceptors (Lipinski definition) is 5. The Hall–Kier alpha value is -2.62. The number of halogens is 1. The summed E-state index contributed by atoms with van der Waals surface area (Å²) < 4.78 is 42.7. The molecule has 2 aromatic carbocycles. The third-order valence-electron chi connectivity index (χ3n) is 3.99. The Labute approximate surface area is 159 Å². The second-order valence-corrected chi connectivity index (χ2v) is 8.40. The van der Waals surface area contributed by atoms with Crippen LogP contribution in [0.1, 0.15) is 5.69 Å². The van der Waals surface area contributed by atoms with E-state index in [1.807, 2.05) is 5.38 Å². The first-order valence-electron chi connectivity index (χ1n) is 8.17. The van der Waals surface area contributed by atoms with Crippen molar-refractivity contribution in [3.8, 4) is 11.4 Å². The summed E-state index contributed by atoms with van der Waals surface area (Å²) in [5.74, 6) is -0.0704. The molecule has 2 aromatic heterocycles. The number of nitrogens with one attached hydrogen (secondary N) is 1. The highest BCUT2D eigenvalue weighted by molar-refractivity contribution is 7.89. The maximum Gasteiger partial charge on any atom is 0.240 e. The van der Waals surface area contributed by atoms with E-state index in [1.165, 1.54) is 17.4 Å². The third-order valence-corrected chi connectivity index (χ3v) is 6.33. The molecule has 0 radical (unpaired) electrons. The third kappa shape index (κ3) is 3.61. The molecule has 4 rings (SSSR count). The van der Waals surface area contributed by atoms with Gasteiger partial charge in [0.15, 0.2) is 5.82 Å². The molecular weight excluding hydrogens is 387 g/mol. The predicted molar refractivity (Wildman–Crippen MR) is 102 cm³/mol. The molecule has 138 valence electrons. The van der Waals surface area contributed by atoms with Crippen LogP contribution in [0.15, 0.2) is 64.9 Å². The first kappa shape index (κ1) is 17.8. The van der Waals surface area contributed by atoms with Crippen LogP contribution in [0.25, 0.3) is 16.3 Å². The quantitative estimate of drug-likeness (QED) is 0.538. The Morgan fingerprint density at radius 1 is 1.07 bits per heavy atom. The van der Waals surface area contributed by atoms with Crippen LogP contribution in [0.5, 0.6) is 0 Å². The summed E-state index contributed by atoms with van der Waals surface area (Å²) in [5, 5.41) is 6.25. The summed E-state index contributed by atoms with van der Waals surface area (Å²) in [5.41, 5.74) is 1.14. The van der Waals surface area contributed by atoms with Gasteiger partial charge in [0.05, 0.1) is 16.2 Å².